The van der Waals surface area contributed by atoms with Crippen LogP contribution < -0.4 is 10.6 Å². The number of nitrogens with zero attached hydrogens (tertiary/aromatic N) is 1. The van der Waals surface area contributed by atoms with E-state index in [-0.39, 0.29) is 30.2 Å². The van der Waals surface area contributed by atoms with Gasteiger partial charge in [0.2, 0.25) is 11.8 Å². The van der Waals surface area contributed by atoms with Crippen molar-refractivity contribution in [3.8, 4) is 0 Å². The van der Waals surface area contributed by atoms with Crippen molar-refractivity contribution in [3.63, 3.8) is 0 Å². The molecule has 2 amide bonds. The summed E-state index contributed by atoms with van der Waals surface area (Å²) in [7, 11) is 1.72. The minimum atomic E-state index is -0.669. The van der Waals surface area contributed by atoms with Crippen LogP contribution in [0.5, 0.6) is 0 Å². The topological polar surface area (TPSA) is 61.4 Å². The number of halogens is 2. The first-order chi connectivity index (χ1) is 13.3. The zero-order valence-corrected chi connectivity index (χ0v) is 17.4. The number of rotatable bonds is 7. The number of carbonyl (C=O) groups excluding carboxylic acids is 2. The summed E-state index contributed by atoms with van der Waals surface area (Å²) in [6.45, 7) is 1.93. The van der Waals surface area contributed by atoms with Crippen LogP contribution in [0.1, 0.15) is 30.0 Å². The molecular weight excluding hydrogens is 425 g/mol. The van der Waals surface area contributed by atoms with Crippen LogP contribution in [0.25, 0.3) is 0 Å². The zero-order chi connectivity index (χ0) is 20.3. The highest BCUT2D eigenvalue weighted by atomic mass is 79.9. The van der Waals surface area contributed by atoms with Crippen LogP contribution >= 0.6 is 15.9 Å². The molecule has 0 radical (unpaired) electrons. The lowest BCUT2D eigenvalue weighted by molar-refractivity contribution is -0.127. The largest absolute Gasteiger partial charge is 0.352 e. The Morgan fingerprint density at radius 3 is 2.50 bits per heavy atom. The van der Waals surface area contributed by atoms with Crippen LogP contribution in [0, 0.1) is 12.7 Å². The van der Waals surface area contributed by atoms with Gasteiger partial charge in [0.15, 0.2) is 0 Å². The molecule has 7 heteroatoms. The van der Waals surface area contributed by atoms with Crippen molar-refractivity contribution in [2.24, 2.45) is 0 Å². The van der Waals surface area contributed by atoms with Gasteiger partial charge in [0, 0.05) is 16.2 Å². The van der Waals surface area contributed by atoms with Crippen molar-refractivity contribution in [2.45, 2.75) is 31.8 Å². The molecular formula is C21H23BrFN3O2. The van der Waals surface area contributed by atoms with Crippen LogP contribution in [0.15, 0.2) is 46.9 Å². The average molecular weight is 448 g/mol. The third-order valence-electron chi connectivity index (χ3n) is 4.65. The Bertz CT molecular complexity index is 868. The number of aryl methyl sites for hydroxylation is 1. The maximum absolute atomic E-state index is 13.3. The Kier molecular flexibility index (Phi) is 6.46. The first kappa shape index (κ1) is 20.5. The van der Waals surface area contributed by atoms with E-state index in [4.69, 9.17) is 0 Å². The molecule has 0 saturated heterocycles. The maximum atomic E-state index is 13.3. The summed E-state index contributed by atoms with van der Waals surface area (Å²) in [4.78, 5) is 27.0. The van der Waals surface area contributed by atoms with Crippen molar-refractivity contribution in [1.29, 1.82) is 0 Å². The number of amides is 2. The molecule has 0 heterocycles. The fraction of sp³-hybridized carbons (Fsp3) is 0.333. The van der Waals surface area contributed by atoms with Gasteiger partial charge in [0.05, 0.1) is 6.54 Å². The number of likely N-dealkylation sites (N-methyl/N-ethyl adjacent to an activating group) is 1. The van der Waals surface area contributed by atoms with Crippen LogP contribution in [0.2, 0.25) is 0 Å². The molecule has 1 aliphatic carbocycles. The van der Waals surface area contributed by atoms with E-state index < -0.39 is 6.04 Å². The van der Waals surface area contributed by atoms with E-state index in [0.717, 1.165) is 28.6 Å². The molecule has 2 aromatic carbocycles. The molecule has 28 heavy (non-hydrogen) atoms. The third kappa shape index (κ3) is 5.39. The molecule has 5 nitrogen and oxygen atoms in total. The number of carbonyl (C=O) groups is 2. The van der Waals surface area contributed by atoms with Gasteiger partial charge in [-0.1, -0.05) is 28.1 Å². The number of hydrogen-bond donors (Lipinski definition) is 2. The average Bonchev–Trinajstić information content (AvgIpc) is 3.43. The third-order valence-corrected chi connectivity index (χ3v) is 5.15. The summed E-state index contributed by atoms with van der Waals surface area (Å²) < 4.78 is 14.2. The minimum Gasteiger partial charge on any atom is -0.352 e. The Hall–Kier alpha value is -2.25. The quantitative estimate of drug-likeness (QED) is 0.678. The molecule has 2 aromatic rings. The molecule has 1 atom stereocenters. The molecule has 0 spiro atoms. The second-order valence-corrected chi connectivity index (χ2v) is 8.08. The van der Waals surface area contributed by atoms with Crippen LogP contribution in [0.4, 0.5) is 10.1 Å². The van der Waals surface area contributed by atoms with E-state index in [1.54, 1.807) is 24.1 Å². The van der Waals surface area contributed by atoms with Gasteiger partial charge in [-0.3, -0.25) is 14.5 Å². The van der Waals surface area contributed by atoms with E-state index in [1.807, 2.05) is 25.1 Å². The fourth-order valence-electron chi connectivity index (χ4n) is 3.03. The van der Waals surface area contributed by atoms with E-state index in [1.165, 1.54) is 12.1 Å². The lowest BCUT2D eigenvalue weighted by Crippen LogP contribution is -2.42. The molecule has 1 aliphatic rings. The number of nitrogens with one attached hydrogen (secondary N) is 2. The van der Waals surface area contributed by atoms with Crippen LogP contribution in [-0.2, 0) is 9.59 Å². The van der Waals surface area contributed by atoms with Crippen LogP contribution in [0.3, 0.4) is 0 Å². The fourth-order valence-corrected chi connectivity index (χ4v) is 3.51. The van der Waals surface area contributed by atoms with Gasteiger partial charge in [0.1, 0.15) is 11.9 Å². The summed E-state index contributed by atoms with van der Waals surface area (Å²) in [5.74, 6) is -0.764. The predicted octanol–water partition coefficient (Wildman–Crippen LogP) is 3.79. The van der Waals surface area contributed by atoms with Crippen molar-refractivity contribution >= 4 is 33.4 Å². The lowest BCUT2D eigenvalue weighted by Gasteiger charge is -2.27. The first-order valence-corrected chi connectivity index (χ1v) is 9.95. The number of benzene rings is 2. The molecule has 1 unspecified atom stereocenters. The standard InChI is InChI=1S/C21H23BrFN3O2/c1-13-11-15(22)5-10-18(13)25-19(27)12-26(2)20(21(28)24-17-8-9-17)14-3-6-16(23)7-4-14/h3-7,10-11,17,20H,8-9,12H2,1-2H3,(H,24,28)(H,25,27). The molecule has 148 valence electrons. The molecule has 1 saturated carbocycles. The Morgan fingerprint density at radius 2 is 1.89 bits per heavy atom. The molecule has 3 rings (SSSR count). The number of hydrogen-bond acceptors (Lipinski definition) is 3. The van der Waals surface area contributed by atoms with Crippen molar-refractivity contribution in [2.75, 3.05) is 18.9 Å². The zero-order valence-electron chi connectivity index (χ0n) is 15.8. The van der Waals surface area contributed by atoms with Crippen LogP contribution in [-0.4, -0.2) is 36.3 Å². The van der Waals surface area contributed by atoms with E-state index in [9.17, 15) is 14.0 Å². The van der Waals surface area contributed by atoms with Gasteiger partial charge >= 0.3 is 0 Å². The predicted molar refractivity (Wildman–Crippen MR) is 110 cm³/mol. The van der Waals surface area contributed by atoms with Gasteiger partial charge in [0.25, 0.3) is 0 Å². The maximum Gasteiger partial charge on any atom is 0.242 e. The summed E-state index contributed by atoms with van der Waals surface area (Å²) in [6.07, 6.45) is 1.93. The Labute approximate surface area is 172 Å². The highest BCUT2D eigenvalue weighted by Crippen LogP contribution is 2.25. The van der Waals surface area contributed by atoms with Crippen molar-refractivity contribution in [1.82, 2.24) is 10.2 Å². The van der Waals surface area contributed by atoms with Gasteiger partial charge in [-0.25, -0.2) is 4.39 Å². The second kappa shape index (κ2) is 8.84. The molecule has 2 N–H and O–H groups in total. The van der Waals surface area contributed by atoms with E-state index in [0.29, 0.717) is 5.56 Å². The van der Waals surface area contributed by atoms with E-state index >= 15 is 0 Å². The van der Waals surface area contributed by atoms with E-state index in [2.05, 4.69) is 26.6 Å². The second-order valence-electron chi connectivity index (χ2n) is 7.16. The van der Waals surface area contributed by atoms with Crippen molar-refractivity contribution in [3.05, 3.63) is 63.9 Å². The first-order valence-electron chi connectivity index (χ1n) is 9.15. The minimum absolute atomic E-state index is 0.0234. The Morgan fingerprint density at radius 1 is 1.21 bits per heavy atom. The van der Waals surface area contributed by atoms with Crippen molar-refractivity contribution < 1.29 is 14.0 Å². The van der Waals surface area contributed by atoms with Gasteiger partial charge in [-0.15, -0.1) is 0 Å². The molecule has 0 aliphatic heterocycles. The Balaban J connectivity index is 1.72. The SMILES string of the molecule is Cc1cc(Br)ccc1NC(=O)CN(C)C(C(=O)NC1CC1)c1ccc(F)cc1. The van der Waals surface area contributed by atoms with Gasteiger partial charge in [-0.05, 0) is 68.3 Å². The van der Waals surface area contributed by atoms with Gasteiger partial charge < -0.3 is 10.6 Å². The monoisotopic (exact) mass is 447 g/mol. The normalized spacial score (nSPS) is 14.6. The molecule has 1 fully saturated rings. The summed E-state index contributed by atoms with van der Waals surface area (Å²) in [5, 5.41) is 5.86. The van der Waals surface area contributed by atoms with Gasteiger partial charge in [-0.2, -0.15) is 0 Å². The molecule has 0 bridgehead atoms. The smallest absolute Gasteiger partial charge is 0.242 e. The summed E-state index contributed by atoms with van der Waals surface area (Å²) >= 11 is 3.40. The highest BCUT2D eigenvalue weighted by molar-refractivity contribution is 9.10. The summed E-state index contributed by atoms with van der Waals surface area (Å²) in [5.41, 5.74) is 2.31. The summed E-state index contributed by atoms with van der Waals surface area (Å²) in [6, 6.07) is 11.0. The lowest BCUT2D eigenvalue weighted by atomic mass is 10.0. The molecule has 0 aromatic heterocycles. The highest BCUT2D eigenvalue weighted by Gasteiger charge is 2.31. The number of anilines is 1.